The summed E-state index contributed by atoms with van der Waals surface area (Å²) in [5.41, 5.74) is 2.78. The van der Waals surface area contributed by atoms with Gasteiger partial charge in [-0.25, -0.2) is 0 Å². The molecule has 0 unspecified atom stereocenters. The Hall–Kier alpha value is -1.06. The quantitative estimate of drug-likeness (QED) is 0.561. The number of hydrogen-bond donors (Lipinski definition) is 0. The normalized spacial score (nSPS) is 11.5. The molecule has 1 rings (SSSR count). The first-order valence-corrected chi connectivity index (χ1v) is 7.91. The van der Waals surface area contributed by atoms with Crippen LogP contribution in [0.5, 0.6) is 0 Å². The molecule has 0 heterocycles. The lowest BCUT2D eigenvalue weighted by Crippen LogP contribution is -2.50. The van der Waals surface area contributed by atoms with Gasteiger partial charge < -0.3 is 9.64 Å². The minimum Gasteiger partial charge on any atom is -0.382 e. The highest BCUT2D eigenvalue weighted by Gasteiger charge is 2.33. The molecular weight excluding hydrogens is 286 g/mol. The van der Waals surface area contributed by atoms with Crippen LogP contribution in [0.1, 0.15) is 38.3 Å². The van der Waals surface area contributed by atoms with Gasteiger partial charge in [-0.3, -0.25) is 4.79 Å². The van der Waals surface area contributed by atoms with Crippen molar-refractivity contribution in [1.82, 2.24) is 0 Å². The van der Waals surface area contributed by atoms with E-state index >= 15 is 0 Å². The number of aryl methyl sites for hydroxylation is 2. The monoisotopic (exact) mass is 311 g/mol. The number of carbonyl (C=O) groups is 1. The highest BCUT2D eigenvalue weighted by Crippen LogP contribution is 2.32. The van der Waals surface area contributed by atoms with Crippen LogP contribution >= 0.6 is 11.6 Å². The lowest BCUT2D eigenvalue weighted by molar-refractivity contribution is -0.117. The SMILES string of the molecule is CCOCCC(C)(C)N(C(=O)CCl)c1c(C)cccc1C. The Morgan fingerprint density at radius 3 is 2.33 bits per heavy atom. The van der Waals surface area contributed by atoms with E-state index in [0.717, 1.165) is 23.2 Å². The van der Waals surface area contributed by atoms with Gasteiger partial charge in [0, 0.05) is 18.8 Å². The number of alkyl halides is 1. The second-order valence-corrected chi connectivity index (χ2v) is 6.13. The van der Waals surface area contributed by atoms with Gasteiger partial charge in [-0.2, -0.15) is 0 Å². The number of hydrogen-bond acceptors (Lipinski definition) is 2. The lowest BCUT2D eigenvalue weighted by Gasteiger charge is -2.40. The molecule has 0 aliphatic heterocycles. The first kappa shape index (κ1) is 18.0. The molecule has 4 heteroatoms. The Balaban J connectivity index is 3.20. The van der Waals surface area contributed by atoms with Gasteiger partial charge >= 0.3 is 0 Å². The second kappa shape index (κ2) is 7.81. The van der Waals surface area contributed by atoms with E-state index in [2.05, 4.69) is 13.8 Å². The van der Waals surface area contributed by atoms with E-state index < -0.39 is 0 Å². The number of para-hydroxylation sites is 1. The average molecular weight is 312 g/mol. The van der Waals surface area contributed by atoms with Crippen molar-refractivity contribution in [3.63, 3.8) is 0 Å². The molecule has 0 fully saturated rings. The summed E-state index contributed by atoms with van der Waals surface area (Å²) in [6.07, 6.45) is 0.761. The summed E-state index contributed by atoms with van der Waals surface area (Å²) in [5, 5.41) is 0. The van der Waals surface area contributed by atoms with Crippen LogP contribution in [0.2, 0.25) is 0 Å². The maximum Gasteiger partial charge on any atom is 0.242 e. The van der Waals surface area contributed by atoms with E-state index in [4.69, 9.17) is 16.3 Å². The van der Waals surface area contributed by atoms with Crippen molar-refractivity contribution < 1.29 is 9.53 Å². The summed E-state index contributed by atoms with van der Waals surface area (Å²) in [6.45, 7) is 11.4. The molecule has 118 valence electrons. The van der Waals surface area contributed by atoms with E-state index in [1.807, 2.05) is 43.9 Å². The summed E-state index contributed by atoms with van der Waals surface area (Å²) in [5.74, 6) is -0.0955. The molecule has 1 aromatic carbocycles. The summed E-state index contributed by atoms with van der Waals surface area (Å²) < 4.78 is 5.46. The fraction of sp³-hybridized carbons (Fsp3) is 0.588. The molecule has 0 bridgehead atoms. The van der Waals surface area contributed by atoms with E-state index in [0.29, 0.717) is 13.2 Å². The molecule has 3 nitrogen and oxygen atoms in total. The van der Waals surface area contributed by atoms with Gasteiger partial charge in [0.25, 0.3) is 0 Å². The molecule has 0 radical (unpaired) electrons. The standard InChI is InChI=1S/C17H26ClNO2/c1-6-21-11-10-17(4,5)19(15(20)12-18)16-13(2)8-7-9-14(16)3/h7-9H,6,10-12H2,1-5H3. The predicted molar refractivity (Wildman–Crippen MR) is 89.3 cm³/mol. The zero-order valence-electron chi connectivity index (χ0n) is 13.7. The summed E-state index contributed by atoms with van der Waals surface area (Å²) in [4.78, 5) is 14.3. The molecular formula is C17H26ClNO2. The fourth-order valence-electron chi connectivity index (χ4n) is 2.56. The number of ether oxygens (including phenoxy) is 1. The number of halogens is 1. The summed E-state index contributed by atoms with van der Waals surface area (Å²) in [6, 6.07) is 6.05. The Morgan fingerprint density at radius 1 is 1.29 bits per heavy atom. The first-order valence-electron chi connectivity index (χ1n) is 7.38. The van der Waals surface area contributed by atoms with Crippen LogP contribution < -0.4 is 4.90 Å². The van der Waals surface area contributed by atoms with Crippen LogP contribution in [-0.4, -0.2) is 30.5 Å². The van der Waals surface area contributed by atoms with E-state index in [9.17, 15) is 4.79 Å². The van der Waals surface area contributed by atoms with Gasteiger partial charge in [0.15, 0.2) is 0 Å². The molecule has 0 saturated carbocycles. The molecule has 21 heavy (non-hydrogen) atoms. The van der Waals surface area contributed by atoms with Gasteiger partial charge in [-0.15, -0.1) is 11.6 Å². The van der Waals surface area contributed by atoms with Crippen LogP contribution in [0.4, 0.5) is 5.69 Å². The van der Waals surface area contributed by atoms with Crippen LogP contribution in [-0.2, 0) is 9.53 Å². The first-order chi connectivity index (χ1) is 9.85. The average Bonchev–Trinajstić information content (AvgIpc) is 2.42. The van der Waals surface area contributed by atoms with Gasteiger partial charge in [-0.05, 0) is 52.2 Å². The largest absolute Gasteiger partial charge is 0.382 e. The van der Waals surface area contributed by atoms with Crippen molar-refractivity contribution in [2.75, 3.05) is 24.0 Å². The Morgan fingerprint density at radius 2 is 1.86 bits per heavy atom. The van der Waals surface area contributed by atoms with Crippen molar-refractivity contribution in [3.8, 4) is 0 Å². The highest BCUT2D eigenvalue weighted by molar-refractivity contribution is 6.29. The van der Waals surface area contributed by atoms with Crippen LogP contribution in [0, 0.1) is 13.8 Å². The van der Waals surface area contributed by atoms with Crippen molar-refractivity contribution in [1.29, 1.82) is 0 Å². The highest BCUT2D eigenvalue weighted by atomic mass is 35.5. The molecule has 0 saturated heterocycles. The maximum absolute atomic E-state index is 12.4. The van der Waals surface area contributed by atoms with Crippen molar-refractivity contribution in [2.24, 2.45) is 0 Å². The second-order valence-electron chi connectivity index (χ2n) is 5.86. The van der Waals surface area contributed by atoms with Crippen molar-refractivity contribution in [3.05, 3.63) is 29.3 Å². The minimum atomic E-state index is -0.349. The Labute approximate surface area is 133 Å². The molecule has 0 aliphatic rings. The number of nitrogens with zero attached hydrogens (tertiary/aromatic N) is 1. The molecule has 0 aromatic heterocycles. The zero-order valence-corrected chi connectivity index (χ0v) is 14.5. The van der Waals surface area contributed by atoms with Gasteiger partial charge in [-0.1, -0.05) is 18.2 Å². The minimum absolute atomic E-state index is 0.0220. The number of benzene rings is 1. The van der Waals surface area contributed by atoms with E-state index in [1.54, 1.807) is 0 Å². The van der Waals surface area contributed by atoms with Crippen LogP contribution in [0.25, 0.3) is 0 Å². The molecule has 0 aliphatic carbocycles. The number of carbonyl (C=O) groups excluding carboxylic acids is 1. The molecule has 0 N–H and O–H groups in total. The van der Waals surface area contributed by atoms with Gasteiger partial charge in [0.1, 0.15) is 5.88 Å². The summed E-state index contributed by atoms with van der Waals surface area (Å²) in [7, 11) is 0. The van der Waals surface area contributed by atoms with E-state index in [1.165, 1.54) is 0 Å². The van der Waals surface area contributed by atoms with E-state index in [-0.39, 0.29) is 17.3 Å². The molecule has 1 amide bonds. The van der Waals surface area contributed by atoms with Crippen LogP contribution in [0.3, 0.4) is 0 Å². The molecule has 0 atom stereocenters. The maximum atomic E-state index is 12.4. The number of amides is 1. The Kier molecular flexibility index (Phi) is 6.69. The topological polar surface area (TPSA) is 29.5 Å². The molecule has 1 aromatic rings. The smallest absolute Gasteiger partial charge is 0.242 e. The third-order valence-electron chi connectivity index (χ3n) is 3.69. The lowest BCUT2D eigenvalue weighted by atomic mass is 9.95. The van der Waals surface area contributed by atoms with Crippen molar-refractivity contribution in [2.45, 2.75) is 46.6 Å². The Bertz CT molecular complexity index is 465. The third kappa shape index (κ3) is 4.45. The predicted octanol–water partition coefficient (Wildman–Crippen LogP) is 4.08. The summed E-state index contributed by atoms with van der Waals surface area (Å²) >= 11 is 5.85. The number of rotatable bonds is 7. The zero-order chi connectivity index (χ0) is 16.0. The third-order valence-corrected chi connectivity index (χ3v) is 3.92. The van der Waals surface area contributed by atoms with Gasteiger partial charge in [0.2, 0.25) is 5.91 Å². The molecule has 0 spiro atoms. The van der Waals surface area contributed by atoms with Gasteiger partial charge in [0.05, 0.1) is 5.69 Å². The van der Waals surface area contributed by atoms with Crippen LogP contribution in [0.15, 0.2) is 18.2 Å². The van der Waals surface area contributed by atoms with Crippen molar-refractivity contribution >= 4 is 23.2 Å². The fourth-order valence-corrected chi connectivity index (χ4v) is 2.68. The number of anilines is 1.